The minimum Gasteiger partial charge on any atom is -0.457 e. The van der Waals surface area contributed by atoms with E-state index in [0.717, 1.165) is 16.7 Å². The molecule has 0 amide bonds. The highest BCUT2D eigenvalue weighted by atomic mass is 16.5. The van der Waals surface area contributed by atoms with Crippen molar-refractivity contribution in [3.8, 4) is 0 Å². The van der Waals surface area contributed by atoms with E-state index in [9.17, 15) is 9.90 Å². The van der Waals surface area contributed by atoms with E-state index in [4.69, 9.17) is 15.6 Å². The number of ether oxygens (including phenoxy) is 1. The van der Waals surface area contributed by atoms with Crippen molar-refractivity contribution in [2.24, 2.45) is 0 Å². The molecular weight excluding hydrogens is 386 g/mol. The average Bonchev–Trinajstić information content (AvgIpc) is 3.39. The number of carbonyl (C=O) groups is 1. The summed E-state index contributed by atoms with van der Waals surface area (Å²) in [6, 6.07) is 3.42. The molecule has 1 aromatic carbocycles. The van der Waals surface area contributed by atoms with E-state index < -0.39 is 6.10 Å². The molecule has 6 N–H and O–H groups in total. The largest absolute Gasteiger partial charge is 0.457 e. The molecule has 10 heteroatoms. The van der Waals surface area contributed by atoms with Crippen molar-refractivity contribution in [1.82, 2.24) is 25.8 Å². The maximum Gasteiger partial charge on any atom is 0.338 e. The number of carbonyl (C=O) groups excluding carboxylic acids is 1. The van der Waals surface area contributed by atoms with Crippen LogP contribution in [0.2, 0.25) is 0 Å². The maximum absolute atomic E-state index is 11.6. The molecule has 0 fully saturated rings. The van der Waals surface area contributed by atoms with Gasteiger partial charge in [-0.05, 0) is 41.8 Å². The molecule has 0 unspecified atom stereocenters. The summed E-state index contributed by atoms with van der Waals surface area (Å²) in [6.07, 6.45) is 6.51. The number of nitrogens with one attached hydrogen (secondary N) is 5. The van der Waals surface area contributed by atoms with E-state index in [0.29, 0.717) is 23.5 Å². The molecule has 0 aliphatic carbocycles. The van der Waals surface area contributed by atoms with Gasteiger partial charge in [0, 0.05) is 31.1 Å². The number of H-pyrrole nitrogens is 1. The average molecular weight is 409 g/mol. The van der Waals surface area contributed by atoms with Crippen molar-refractivity contribution in [3.63, 3.8) is 0 Å². The number of aromatic nitrogens is 3. The Balaban J connectivity index is 1.50. The fraction of sp³-hybridized carbons (Fsp3) is 0.250. The van der Waals surface area contributed by atoms with Crippen LogP contribution in [-0.4, -0.2) is 51.4 Å². The number of fused-ring (bicyclic) bond motifs is 1. The monoisotopic (exact) mass is 409 g/mol. The molecule has 2 heterocycles. The van der Waals surface area contributed by atoms with Crippen LogP contribution < -0.4 is 10.6 Å². The van der Waals surface area contributed by atoms with Crippen molar-refractivity contribution in [3.05, 3.63) is 64.4 Å². The van der Waals surface area contributed by atoms with E-state index in [1.807, 2.05) is 6.92 Å². The topological polar surface area (TPSA) is 160 Å². The number of hydrogen-bond acceptors (Lipinski definition) is 8. The van der Waals surface area contributed by atoms with Crippen molar-refractivity contribution < 1.29 is 14.6 Å². The van der Waals surface area contributed by atoms with Gasteiger partial charge in [0.25, 0.3) is 0 Å². The van der Waals surface area contributed by atoms with Crippen molar-refractivity contribution in [2.45, 2.75) is 19.6 Å². The van der Waals surface area contributed by atoms with Crippen LogP contribution in [0.3, 0.4) is 0 Å². The Hall–Kier alpha value is -3.63. The number of amidine groups is 1. The zero-order valence-corrected chi connectivity index (χ0v) is 16.4. The number of esters is 1. The summed E-state index contributed by atoms with van der Waals surface area (Å²) in [5.41, 5.74) is 3.56. The van der Waals surface area contributed by atoms with Crippen molar-refractivity contribution in [1.29, 1.82) is 10.8 Å². The molecule has 156 valence electrons. The van der Waals surface area contributed by atoms with E-state index in [1.165, 1.54) is 18.6 Å². The van der Waals surface area contributed by atoms with Crippen LogP contribution in [0.4, 0.5) is 0 Å². The molecule has 0 saturated carbocycles. The lowest BCUT2D eigenvalue weighted by molar-refractivity contribution is 0.0535. The van der Waals surface area contributed by atoms with Gasteiger partial charge in [-0.1, -0.05) is 6.07 Å². The Morgan fingerprint density at radius 1 is 1.47 bits per heavy atom. The number of nitrogens with zero attached hydrogens (tertiary/aromatic N) is 2. The quantitative estimate of drug-likeness (QED) is 0.206. The second-order valence-electron chi connectivity index (χ2n) is 6.66. The third kappa shape index (κ3) is 5.04. The zero-order chi connectivity index (χ0) is 21.5. The normalized spacial score (nSPS) is 14.5. The fourth-order valence-electron chi connectivity index (χ4n) is 3.01. The van der Waals surface area contributed by atoms with Gasteiger partial charge < -0.3 is 30.9 Å². The van der Waals surface area contributed by atoms with Crippen LogP contribution >= 0.6 is 0 Å². The van der Waals surface area contributed by atoms with Crippen LogP contribution in [-0.2, 0) is 11.3 Å². The third-order valence-electron chi connectivity index (χ3n) is 4.68. The summed E-state index contributed by atoms with van der Waals surface area (Å²) in [6.45, 7) is 2.70. The second kappa shape index (κ2) is 9.72. The van der Waals surface area contributed by atoms with Gasteiger partial charge in [-0.15, -0.1) is 10.2 Å². The number of aliphatic hydroxyl groups is 1. The molecule has 2 aromatic rings. The first-order valence-corrected chi connectivity index (χ1v) is 9.26. The highest BCUT2D eigenvalue weighted by Crippen LogP contribution is 2.28. The second-order valence-corrected chi connectivity index (χ2v) is 6.66. The molecule has 1 atom stereocenters. The van der Waals surface area contributed by atoms with Gasteiger partial charge in [0.05, 0.1) is 11.7 Å². The van der Waals surface area contributed by atoms with Crippen molar-refractivity contribution >= 4 is 24.1 Å². The Kier molecular flexibility index (Phi) is 6.83. The first-order chi connectivity index (χ1) is 14.5. The number of aromatic amines is 1. The van der Waals surface area contributed by atoms with Gasteiger partial charge in [-0.25, -0.2) is 4.79 Å². The smallest absolute Gasteiger partial charge is 0.338 e. The molecule has 30 heavy (non-hydrogen) atoms. The first kappa shape index (κ1) is 21.1. The van der Waals surface area contributed by atoms with Gasteiger partial charge in [0.1, 0.15) is 18.8 Å². The number of cyclic esters (lactones) is 1. The minimum absolute atomic E-state index is 0.122. The predicted molar refractivity (Wildman–Crippen MR) is 111 cm³/mol. The highest BCUT2D eigenvalue weighted by Gasteiger charge is 2.25. The summed E-state index contributed by atoms with van der Waals surface area (Å²) in [5, 5.41) is 39.2. The van der Waals surface area contributed by atoms with Gasteiger partial charge in [-0.3, -0.25) is 5.41 Å². The fourth-order valence-corrected chi connectivity index (χ4v) is 3.01. The van der Waals surface area contributed by atoms with Crippen LogP contribution in [0.25, 0.3) is 6.08 Å². The Bertz CT molecular complexity index is 996. The van der Waals surface area contributed by atoms with Crippen LogP contribution in [0, 0.1) is 17.7 Å². The molecule has 1 aliphatic rings. The van der Waals surface area contributed by atoms with Gasteiger partial charge in [0.2, 0.25) is 0 Å². The Labute approximate surface area is 173 Å². The summed E-state index contributed by atoms with van der Waals surface area (Å²) >= 11 is 0. The molecule has 0 saturated heterocycles. The van der Waals surface area contributed by atoms with E-state index in [1.54, 1.807) is 24.4 Å². The lowest BCUT2D eigenvalue weighted by Gasteiger charge is -2.16. The first-order valence-electron chi connectivity index (χ1n) is 9.26. The summed E-state index contributed by atoms with van der Waals surface area (Å²) in [5.74, 6) is 0.323. The summed E-state index contributed by atoms with van der Waals surface area (Å²) in [7, 11) is 0. The number of benzene rings is 1. The standard InChI is InChI=1S/C20H23N7O3/c1-12-14(2-3-15-16(12)10-30-20(15)29)17(28)9-23-7-13(6-21)8-24-18(22)4-5-19-25-11-26-27-19/h2-6,8,11,17,21,23,28H,7,9-10H2,1H3,(H2,22,24)(H,25,26,27)/b5-4-,13-8+,21-6?/t17-/m0/s1. The molecule has 0 spiro atoms. The van der Waals surface area contributed by atoms with E-state index in [-0.39, 0.29) is 25.0 Å². The number of hydrogen-bond donors (Lipinski definition) is 6. The lowest BCUT2D eigenvalue weighted by atomic mass is 9.95. The van der Waals surface area contributed by atoms with Crippen LogP contribution in [0.1, 0.15) is 39.0 Å². The molecule has 0 bridgehead atoms. The molecule has 0 radical (unpaired) electrons. The number of rotatable bonds is 9. The highest BCUT2D eigenvalue weighted by molar-refractivity contribution is 5.95. The molecule has 1 aromatic heterocycles. The Morgan fingerprint density at radius 3 is 3.03 bits per heavy atom. The minimum atomic E-state index is -0.769. The SMILES string of the molecule is Cc1c([C@@H](O)CNC/C(C=N)=C/NC(=N)/C=C\c2nnc[nH]2)ccc2c1COC2=O. The molecule has 10 nitrogen and oxygen atoms in total. The van der Waals surface area contributed by atoms with E-state index >= 15 is 0 Å². The van der Waals surface area contributed by atoms with Crippen molar-refractivity contribution in [2.75, 3.05) is 13.1 Å². The van der Waals surface area contributed by atoms with E-state index in [2.05, 4.69) is 25.8 Å². The molecule has 3 rings (SSSR count). The third-order valence-corrected chi connectivity index (χ3v) is 4.68. The van der Waals surface area contributed by atoms with Gasteiger partial charge in [-0.2, -0.15) is 0 Å². The summed E-state index contributed by atoms with van der Waals surface area (Å²) < 4.78 is 5.04. The predicted octanol–water partition coefficient (Wildman–Crippen LogP) is 1.22. The molecular formula is C20H23N7O3. The van der Waals surface area contributed by atoms with Gasteiger partial charge in [0.15, 0.2) is 5.82 Å². The zero-order valence-electron chi connectivity index (χ0n) is 16.4. The van der Waals surface area contributed by atoms with Crippen LogP contribution in [0.5, 0.6) is 0 Å². The summed E-state index contributed by atoms with van der Waals surface area (Å²) in [4.78, 5) is 14.4. The van der Waals surface area contributed by atoms with Crippen LogP contribution in [0.15, 0.2) is 36.3 Å². The maximum atomic E-state index is 11.6. The van der Waals surface area contributed by atoms with Gasteiger partial charge >= 0.3 is 5.97 Å². The number of aliphatic hydroxyl groups excluding tert-OH is 1. The lowest BCUT2D eigenvalue weighted by Crippen LogP contribution is -2.26. The Morgan fingerprint density at radius 2 is 2.30 bits per heavy atom. The molecule has 1 aliphatic heterocycles.